The van der Waals surface area contributed by atoms with E-state index in [-0.39, 0.29) is 5.97 Å². The minimum absolute atomic E-state index is 0.0925. The Morgan fingerprint density at radius 1 is 1.38 bits per heavy atom. The third kappa shape index (κ3) is 4.12. The smallest absolute Gasteiger partial charge is 0.305 e. The molecule has 2 atom stereocenters. The molecule has 0 spiro atoms. The van der Waals surface area contributed by atoms with Crippen LogP contribution in [0.2, 0.25) is 0 Å². The summed E-state index contributed by atoms with van der Waals surface area (Å²) in [7, 11) is 3.64. The van der Waals surface area contributed by atoms with Crippen LogP contribution in [0.15, 0.2) is 0 Å². The molecular formula is C13H25NO2. The lowest BCUT2D eigenvalue weighted by molar-refractivity contribution is -0.140. The Morgan fingerprint density at radius 2 is 2.06 bits per heavy atom. The minimum Gasteiger partial charge on any atom is -0.469 e. The van der Waals surface area contributed by atoms with Crippen LogP contribution in [0, 0.1) is 5.92 Å². The highest BCUT2D eigenvalue weighted by Gasteiger charge is 2.24. The van der Waals surface area contributed by atoms with Gasteiger partial charge in [-0.1, -0.05) is 19.8 Å². The van der Waals surface area contributed by atoms with E-state index in [0.717, 1.165) is 18.9 Å². The monoisotopic (exact) mass is 227 g/mol. The summed E-state index contributed by atoms with van der Waals surface area (Å²) in [6.45, 7) is 3.35. The normalized spacial score (nSPS) is 25.8. The van der Waals surface area contributed by atoms with Crippen molar-refractivity contribution in [2.75, 3.05) is 20.7 Å². The lowest BCUT2D eigenvalue weighted by atomic mass is 9.85. The summed E-state index contributed by atoms with van der Waals surface area (Å²) in [5, 5.41) is 0. The second-order valence-electron chi connectivity index (χ2n) is 4.99. The molecule has 1 rings (SSSR count). The first-order valence-corrected chi connectivity index (χ1v) is 6.42. The van der Waals surface area contributed by atoms with Gasteiger partial charge in [0.1, 0.15) is 0 Å². The molecule has 3 nitrogen and oxygen atoms in total. The summed E-state index contributed by atoms with van der Waals surface area (Å²) in [6, 6.07) is 0.714. The first-order chi connectivity index (χ1) is 7.65. The molecular weight excluding hydrogens is 202 g/mol. The molecule has 0 aliphatic heterocycles. The van der Waals surface area contributed by atoms with E-state index in [0.29, 0.717) is 12.5 Å². The largest absolute Gasteiger partial charge is 0.469 e. The topological polar surface area (TPSA) is 29.5 Å². The van der Waals surface area contributed by atoms with Gasteiger partial charge in [-0.3, -0.25) is 4.79 Å². The molecule has 3 heteroatoms. The number of hydrogen-bond donors (Lipinski definition) is 0. The van der Waals surface area contributed by atoms with E-state index in [4.69, 9.17) is 0 Å². The summed E-state index contributed by atoms with van der Waals surface area (Å²) in [6.07, 6.45) is 6.86. The maximum absolute atomic E-state index is 11.0. The molecule has 1 aliphatic carbocycles. The fourth-order valence-corrected chi connectivity index (χ4v) is 2.69. The van der Waals surface area contributed by atoms with Gasteiger partial charge >= 0.3 is 5.97 Å². The van der Waals surface area contributed by atoms with Gasteiger partial charge in [-0.2, -0.15) is 0 Å². The van der Waals surface area contributed by atoms with Gasteiger partial charge in [-0.15, -0.1) is 0 Å². The summed E-state index contributed by atoms with van der Waals surface area (Å²) >= 11 is 0. The first-order valence-electron chi connectivity index (χ1n) is 6.42. The minimum atomic E-state index is -0.0925. The highest BCUT2D eigenvalue weighted by Crippen LogP contribution is 2.27. The molecule has 0 amide bonds. The van der Waals surface area contributed by atoms with Crippen LogP contribution in [0.4, 0.5) is 0 Å². The highest BCUT2D eigenvalue weighted by molar-refractivity contribution is 5.69. The second-order valence-corrected chi connectivity index (χ2v) is 4.99. The van der Waals surface area contributed by atoms with E-state index in [1.165, 1.54) is 32.8 Å². The van der Waals surface area contributed by atoms with Gasteiger partial charge in [0.15, 0.2) is 0 Å². The molecule has 0 aromatic rings. The Kier molecular flexibility index (Phi) is 5.81. The van der Waals surface area contributed by atoms with Crippen molar-refractivity contribution < 1.29 is 9.53 Å². The van der Waals surface area contributed by atoms with Crippen LogP contribution in [-0.2, 0) is 9.53 Å². The van der Waals surface area contributed by atoms with E-state index in [1.54, 1.807) is 0 Å². The van der Waals surface area contributed by atoms with Crippen LogP contribution in [-0.4, -0.2) is 37.6 Å². The maximum atomic E-state index is 11.0. The molecule has 0 saturated heterocycles. The number of hydrogen-bond acceptors (Lipinski definition) is 3. The zero-order valence-corrected chi connectivity index (χ0v) is 10.9. The summed E-state index contributed by atoms with van der Waals surface area (Å²) in [5.74, 6) is 0.710. The molecule has 0 radical (unpaired) electrons. The Balaban J connectivity index is 2.22. The summed E-state index contributed by atoms with van der Waals surface area (Å²) in [5.41, 5.74) is 0. The zero-order chi connectivity index (χ0) is 12.0. The number of esters is 1. The molecule has 0 aromatic carbocycles. The first kappa shape index (κ1) is 13.5. The van der Waals surface area contributed by atoms with Gasteiger partial charge < -0.3 is 9.64 Å². The number of carbonyl (C=O) groups excluding carboxylic acids is 1. The van der Waals surface area contributed by atoms with Crippen LogP contribution >= 0.6 is 0 Å². The van der Waals surface area contributed by atoms with Crippen molar-refractivity contribution in [1.82, 2.24) is 4.90 Å². The average molecular weight is 227 g/mol. The van der Waals surface area contributed by atoms with Crippen molar-refractivity contribution in [3.63, 3.8) is 0 Å². The van der Waals surface area contributed by atoms with Crippen molar-refractivity contribution in [3.8, 4) is 0 Å². The second kappa shape index (κ2) is 6.89. The van der Waals surface area contributed by atoms with Crippen LogP contribution in [0.5, 0.6) is 0 Å². The zero-order valence-electron chi connectivity index (χ0n) is 10.9. The number of carbonyl (C=O) groups is 1. The van der Waals surface area contributed by atoms with Gasteiger partial charge in [0, 0.05) is 12.5 Å². The fraction of sp³-hybridized carbons (Fsp3) is 0.923. The molecule has 0 aromatic heterocycles. The van der Waals surface area contributed by atoms with Gasteiger partial charge in [0.05, 0.1) is 7.11 Å². The van der Waals surface area contributed by atoms with Crippen LogP contribution < -0.4 is 0 Å². The number of methoxy groups -OCH3 is 1. The quantitative estimate of drug-likeness (QED) is 0.676. The van der Waals surface area contributed by atoms with Crippen molar-refractivity contribution >= 4 is 5.97 Å². The van der Waals surface area contributed by atoms with E-state index in [1.807, 2.05) is 0 Å². The average Bonchev–Trinajstić information content (AvgIpc) is 2.29. The predicted molar refractivity (Wildman–Crippen MR) is 65.3 cm³/mol. The van der Waals surface area contributed by atoms with Crippen molar-refractivity contribution in [2.45, 2.75) is 51.5 Å². The molecule has 1 fully saturated rings. The molecule has 1 saturated carbocycles. The van der Waals surface area contributed by atoms with Gasteiger partial charge in [-0.25, -0.2) is 0 Å². The van der Waals surface area contributed by atoms with Gasteiger partial charge in [0.2, 0.25) is 0 Å². The Hall–Kier alpha value is -0.570. The van der Waals surface area contributed by atoms with Crippen molar-refractivity contribution in [2.24, 2.45) is 5.92 Å². The molecule has 0 N–H and O–H groups in total. The van der Waals surface area contributed by atoms with Crippen LogP contribution in [0.25, 0.3) is 0 Å². The standard InChI is InChI=1S/C13H25NO2/c1-11-7-4-5-8-12(11)14(2)10-6-9-13(15)16-3/h11-12H,4-10H2,1-3H3. The summed E-state index contributed by atoms with van der Waals surface area (Å²) in [4.78, 5) is 13.4. The number of ether oxygens (including phenoxy) is 1. The molecule has 2 unspecified atom stereocenters. The lowest BCUT2D eigenvalue weighted by Crippen LogP contribution is -2.39. The molecule has 94 valence electrons. The van der Waals surface area contributed by atoms with Crippen LogP contribution in [0.3, 0.4) is 0 Å². The number of nitrogens with zero attached hydrogens (tertiary/aromatic N) is 1. The summed E-state index contributed by atoms with van der Waals surface area (Å²) < 4.78 is 4.64. The van der Waals surface area contributed by atoms with E-state index >= 15 is 0 Å². The van der Waals surface area contributed by atoms with Crippen molar-refractivity contribution in [3.05, 3.63) is 0 Å². The lowest BCUT2D eigenvalue weighted by Gasteiger charge is -2.36. The predicted octanol–water partition coefficient (Wildman–Crippen LogP) is 2.45. The van der Waals surface area contributed by atoms with Gasteiger partial charge in [-0.05, 0) is 38.8 Å². The Bertz CT molecular complexity index is 218. The Labute approximate surface area is 99.1 Å². The van der Waals surface area contributed by atoms with E-state index < -0.39 is 0 Å². The van der Waals surface area contributed by atoms with Gasteiger partial charge in [0.25, 0.3) is 0 Å². The molecule has 0 bridgehead atoms. The fourth-order valence-electron chi connectivity index (χ4n) is 2.69. The van der Waals surface area contributed by atoms with Crippen LogP contribution in [0.1, 0.15) is 45.4 Å². The highest BCUT2D eigenvalue weighted by atomic mass is 16.5. The third-order valence-electron chi connectivity index (χ3n) is 3.75. The van der Waals surface area contributed by atoms with E-state index in [2.05, 4.69) is 23.6 Å². The molecule has 1 aliphatic rings. The maximum Gasteiger partial charge on any atom is 0.305 e. The molecule has 16 heavy (non-hydrogen) atoms. The third-order valence-corrected chi connectivity index (χ3v) is 3.75. The molecule has 0 heterocycles. The Morgan fingerprint density at radius 3 is 2.69 bits per heavy atom. The van der Waals surface area contributed by atoms with Crippen molar-refractivity contribution in [1.29, 1.82) is 0 Å². The van der Waals surface area contributed by atoms with E-state index in [9.17, 15) is 4.79 Å². The SMILES string of the molecule is COC(=O)CCCN(C)C1CCCCC1C. The number of rotatable bonds is 5.